The molecule has 0 aliphatic rings. The summed E-state index contributed by atoms with van der Waals surface area (Å²) in [5, 5.41) is 4.76. The Labute approximate surface area is 133 Å². The van der Waals surface area contributed by atoms with Gasteiger partial charge >= 0.3 is 0 Å². The molecule has 1 aromatic carbocycles. The van der Waals surface area contributed by atoms with E-state index in [9.17, 15) is 4.39 Å². The number of halogens is 2. The van der Waals surface area contributed by atoms with E-state index >= 15 is 0 Å². The van der Waals surface area contributed by atoms with Crippen molar-refractivity contribution in [3.8, 4) is 5.69 Å². The summed E-state index contributed by atoms with van der Waals surface area (Å²) in [6.45, 7) is 6.26. The number of hydrogen-bond donors (Lipinski definition) is 0. The van der Waals surface area contributed by atoms with E-state index in [1.54, 1.807) is 16.8 Å². The minimum Gasteiger partial charge on any atom is -0.252 e. The molecule has 0 aliphatic heterocycles. The Morgan fingerprint density at radius 2 is 2.05 bits per heavy atom. The summed E-state index contributed by atoms with van der Waals surface area (Å²) in [4.78, 5) is 4.52. The number of pyridine rings is 1. The first-order chi connectivity index (χ1) is 10.5. The first-order valence-corrected chi connectivity index (χ1v) is 7.63. The molecule has 0 unspecified atom stereocenters. The molecule has 0 saturated heterocycles. The molecule has 0 amide bonds. The van der Waals surface area contributed by atoms with Gasteiger partial charge in [-0.2, -0.15) is 5.10 Å². The largest absolute Gasteiger partial charge is 0.252 e. The lowest BCUT2D eigenvalue weighted by Gasteiger charge is -2.04. The van der Waals surface area contributed by atoms with Crippen molar-refractivity contribution in [1.29, 1.82) is 0 Å². The average molecular weight is 318 g/mol. The second kappa shape index (κ2) is 5.69. The average Bonchev–Trinajstić information content (AvgIpc) is 2.79. The van der Waals surface area contributed by atoms with E-state index < -0.39 is 5.82 Å². The van der Waals surface area contributed by atoms with Crippen LogP contribution in [0.4, 0.5) is 4.39 Å². The van der Waals surface area contributed by atoms with E-state index in [1.807, 2.05) is 19.2 Å². The molecule has 0 spiro atoms. The quantitative estimate of drug-likeness (QED) is 0.699. The molecular formula is C17H17ClFN3. The van der Waals surface area contributed by atoms with Gasteiger partial charge in [-0.15, -0.1) is 0 Å². The number of aryl methyl sites for hydroxylation is 1. The topological polar surface area (TPSA) is 30.7 Å². The Balaban J connectivity index is 2.23. The van der Waals surface area contributed by atoms with Crippen LogP contribution in [-0.4, -0.2) is 14.8 Å². The molecule has 0 N–H and O–H groups in total. The van der Waals surface area contributed by atoms with Gasteiger partial charge in [0.25, 0.3) is 0 Å². The van der Waals surface area contributed by atoms with Crippen LogP contribution >= 0.6 is 11.6 Å². The normalized spacial score (nSPS) is 11.5. The van der Waals surface area contributed by atoms with Crippen molar-refractivity contribution in [3.63, 3.8) is 0 Å². The molecule has 0 bridgehead atoms. The van der Waals surface area contributed by atoms with Gasteiger partial charge in [0.05, 0.1) is 21.9 Å². The Bertz CT molecular complexity index is 839. The van der Waals surface area contributed by atoms with E-state index in [4.69, 9.17) is 11.6 Å². The Morgan fingerprint density at radius 3 is 2.73 bits per heavy atom. The third-order valence-electron chi connectivity index (χ3n) is 3.48. The Kier molecular flexibility index (Phi) is 3.87. The van der Waals surface area contributed by atoms with Gasteiger partial charge in [-0.25, -0.2) is 9.07 Å². The van der Waals surface area contributed by atoms with Crippen LogP contribution in [-0.2, 0) is 6.42 Å². The number of aromatic nitrogens is 3. The molecule has 0 atom stereocenters. The predicted octanol–water partition coefficient (Wildman–Crippen LogP) is 4.72. The maximum absolute atomic E-state index is 13.8. The summed E-state index contributed by atoms with van der Waals surface area (Å²) in [7, 11) is 0. The fourth-order valence-electron chi connectivity index (χ4n) is 2.50. The molecule has 0 saturated carbocycles. The van der Waals surface area contributed by atoms with Crippen molar-refractivity contribution >= 4 is 22.6 Å². The van der Waals surface area contributed by atoms with Crippen molar-refractivity contribution < 1.29 is 4.39 Å². The van der Waals surface area contributed by atoms with Crippen LogP contribution < -0.4 is 0 Å². The fraction of sp³-hybridized carbons (Fsp3) is 0.294. The van der Waals surface area contributed by atoms with Crippen molar-refractivity contribution in [2.45, 2.75) is 27.2 Å². The molecule has 3 rings (SSSR count). The molecule has 3 nitrogen and oxygen atoms in total. The van der Waals surface area contributed by atoms with Gasteiger partial charge in [0, 0.05) is 12.3 Å². The van der Waals surface area contributed by atoms with Crippen LogP contribution in [0.15, 0.2) is 30.5 Å². The molecule has 22 heavy (non-hydrogen) atoms. The summed E-state index contributed by atoms with van der Waals surface area (Å²) < 4.78 is 15.5. The number of nitrogens with zero attached hydrogens (tertiary/aromatic N) is 3. The van der Waals surface area contributed by atoms with Gasteiger partial charge in [0.15, 0.2) is 0 Å². The maximum atomic E-state index is 13.8. The minimum absolute atomic E-state index is 0.108. The standard InChI is InChI=1S/C17H17ClFN3/c1-10(2)6-15-17-16(7-11(3)9-20-17)22(21-15)12-4-5-13(18)14(19)8-12/h4-5,7-10H,6H2,1-3H3. The maximum Gasteiger partial charge on any atom is 0.143 e. The van der Waals surface area contributed by atoms with Gasteiger partial charge < -0.3 is 0 Å². The molecule has 2 aromatic heterocycles. The number of fused-ring (bicyclic) bond motifs is 1. The number of benzene rings is 1. The number of hydrogen-bond acceptors (Lipinski definition) is 2. The molecular weight excluding hydrogens is 301 g/mol. The minimum atomic E-state index is -0.450. The zero-order chi connectivity index (χ0) is 15.9. The highest BCUT2D eigenvalue weighted by Gasteiger charge is 2.15. The zero-order valence-electron chi connectivity index (χ0n) is 12.8. The monoisotopic (exact) mass is 317 g/mol. The van der Waals surface area contributed by atoms with Crippen LogP contribution in [0.1, 0.15) is 25.1 Å². The van der Waals surface area contributed by atoms with E-state index in [1.165, 1.54) is 6.07 Å². The predicted molar refractivity (Wildman–Crippen MR) is 87.1 cm³/mol. The van der Waals surface area contributed by atoms with E-state index in [0.29, 0.717) is 11.6 Å². The Hall–Kier alpha value is -1.94. The van der Waals surface area contributed by atoms with E-state index in [0.717, 1.165) is 28.7 Å². The smallest absolute Gasteiger partial charge is 0.143 e. The third kappa shape index (κ3) is 2.71. The van der Waals surface area contributed by atoms with Crippen molar-refractivity contribution in [3.05, 3.63) is 52.6 Å². The van der Waals surface area contributed by atoms with Gasteiger partial charge in [0.2, 0.25) is 0 Å². The third-order valence-corrected chi connectivity index (χ3v) is 3.78. The highest BCUT2D eigenvalue weighted by molar-refractivity contribution is 6.30. The van der Waals surface area contributed by atoms with Crippen LogP contribution in [0.3, 0.4) is 0 Å². The van der Waals surface area contributed by atoms with Gasteiger partial charge in [-0.05, 0) is 43.0 Å². The molecule has 0 aliphatic carbocycles. The van der Waals surface area contributed by atoms with Crippen LogP contribution in [0.2, 0.25) is 5.02 Å². The molecule has 0 fully saturated rings. The second-order valence-corrected chi connectivity index (χ2v) is 6.34. The van der Waals surface area contributed by atoms with Crippen molar-refractivity contribution in [2.75, 3.05) is 0 Å². The van der Waals surface area contributed by atoms with Gasteiger partial charge in [-0.1, -0.05) is 25.4 Å². The highest BCUT2D eigenvalue weighted by Crippen LogP contribution is 2.25. The summed E-state index contributed by atoms with van der Waals surface area (Å²) in [6, 6.07) is 6.73. The SMILES string of the molecule is Cc1cnc2c(CC(C)C)nn(-c3ccc(Cl)c(F)c3)c2c1. The zero-order valence-corrected chi connectivity index (χ0v) is 13.5. The first-order valence-electron chi connectivity index (χ1n) is 7.25. The highest BCUT2D eigenvalue weighted by atomic mass is 35.5. The molecule has 0 radical (unpaired) electrons. The van der Waals surface area contributed by atoms with Gasteiger partial charge in [0.1, 0.15) is 11.3 Å². The Morgan fingerprint density at radius 1 is 1.27 bits per heavy atom. The second-order valence-electron chi connectivity index (χ2n) is 5.94. The number of rotatable bonds is 3. The summed E-state index contributed by atoms with van der Waals surface area (Å²) >= 11 is 5.77. The molecule has 2 heterocycles. The van der Waals surface area contributed by atoms with Crippen molar-refractivity contribution in [2.24, 2.45) is 5.92 Å². The van der Waals surface area contributed by atoms with E-state index in [-0.39, 0.29) is 5.02 Å². The summed E-state index contributed by atoms with van der Waals surface area (Å²) in [5.74, 6) is 0.0189. The van der Waals surface area contributed by atoms with Crippen LogP contribution in [0, 0.1) is 18.7 Å². The first kappa shape index (κ1) is 15.0. The summed E-state index contributed by atoms with van der Waals surface area (Å²) in [5.41, 5.74) is 4.38. The van der Waals surface area contributed by atoms with Crippen LogP contribution in [0.25, 0.3) is 16.7 Å². The fourth-order valence-corrected chi connectivity index (χ4v) is 2.61. The van der Waals surface area contributed by atoms with Crippen LogP contribution in [0.5, 0.6) is 0 Å². The molecule has 114 valence electrons. The van der Waals surface area contributed by atoms with Gasteiger partial charge in [-0.3, -0.25) is 4.98 Å². The summed E-state index contributed by atoms with van der Waals surface area (Å²) in [6.07, 6.45) is 2.66. The van der Waals surface area contributed by atoms with E-state index in [2.05, 4.69) is 23.9 Å². The lowest BCUT2D eigenvalue weighted by molar-refractivity contribution is 0.622. The molecule has 5 heteroatoms. The lowest BCUT2D eigenvalue weighted by Crippen LogP contribution is -2.00. The van der Waals surface area contributed by atoms with Crippen molar-refractivity contribution in [1.82, 2.24) is 14.8 Å². The molecule has 3 aromatic rings. The lowest BCUT2D eigenvalue weighted by atomic mass is 10.1.